The molecule has 3 aromatic rings. The molecule has 28 heavy (non-hydrogen) atoms. The third-order valence-electron chi connectivity index (χ3n) is 4.61. The van der Waals surface area contributed by atoms with E-state index in [9.17, 15) is 9.59 Å². The number of nitrogens with zero attached hydrogens (tertiary/aromatic N) is 4. The van der Waals surface area contributed by atoms with Crippen LogP contribution >= 0.6 is 0 Å². The average Bonchev–Trinajstić information content (AvgIpc) is 2.74. The summed E-state index contributed by atoms with van der Waals surface area (Å²) >= 11 is 0. The van der Waals surface area contributed by atoms with Crippen molar-refractivity contribution in [3.05, 3.63) is 94.9 Å². The van der Waals surface area contributed by atoms with Crippen LogP contribution in [0.2, 0.25) is 0 Å². The summed E-state index contributed by atoms with van der Waals surface area (Å²) in [5, 5.41) is 5.85. The molecule has 0 spiro atoms. The zero-order valence-corrected chi connectivity index (χ0v) is 15.3. The number of aromatic nitrogens is 1. The van der Waals surface area contributed by atoms with Crippen molar-refractivity contribution in [2.75, 3.05) is 18.0 Å². The van der Waals surface area contributed by atoms with Crippen molar-refractivity contribution < 1.29 is 4.79 Å². The highest BCUT2D eigenvalue weighted by molar-refractivity contribution is 5.93. The minimum Gasteiger partial charge on any atom is -0.293 e. The SMILES string of the molecule is O=C1N(N=Cc2ccccc2)CCCN1c1ccc(-n2ccccc2=O)cc1. The van der Waals surface area contributed by atoms with E-state index in [1.807, 2.05) is 60.7 Å². The van der Waals surface area contributed by atoms with Gasteiger partial charge in [0.1, 0.15) is 0 Å². The van der Waals surface area contributed by atoms with Crippen molar-refractivity contribution in [3.63, 3.8) is 0 Å². The van der Waals surface area contributed by atoms with Crippen LogP contribution in [0.15, 0.2) is 88.9 Å². The average molecular weight is 372 g/mol. The van der Waals surface area contributed by atoms with Crippen molar-refractivity contribution >= 4 is 17.9 Å². The van der Waals surface area contributed by atoms with Crippen molar-refractivity contribution in [2.45, 2.75) is 6.42 Å². The second-order valence-corrected chi connectivity index (χ2v) is 6.49. The van der Waals surface area contributed by atoms with E-state index in [0.29, 0.717) is 13.1 Å². The lowest BCUT2D eigenvalue weighted by molar-refractivity contribution is 0.198. The second kappa shape index (κ2) is 7.92. The summed E-state index contributed by atoms with van der Waals surface area (Å²) in [5.41, 5.74) is 2.41. The maximum atomic E-state index is 12.8. The third kappa shape index (κ3) is 3.71. The van der Waals surface area contributed by atoms with E-state index in [-0.39, 0.29) is 11.6 Å². The fraction of sp³-hybridized carbons (Fsp3) is 0.136. The molecule has 0 bridgehead atoms. The van der Waals surface area contributed by atoms with Crippen LogP contribution < -0.4 is 10.5 Å². The fourth-order valence-corrected chi connectivity index (χ4v) is 3.17. The van der Waals surface area contributed by atoms with Crippen LogP contribution in [0.4, 0.5) is 10.5 Å². The number of hydrogen-bond donors (Lipinski definition) is 0. The first-order valence-electron chi connectivity index (χ1n) is 9.18. The predicted octanol–water partition coefficient (Wildman–Crippen LogP) is 3.50. The van der Waals surface area contributed by atoms with Crippen molar-refractivity contribution in [1.29, 1.82) is 0 Å². The van der Waals surface area contributed by atoms with Crippen LogP contribution in [-0.2, 0) is 0 Å². The molecule has 1 aliphatic heterocycles. The first-order valence-corrected chi connectivity index (χ1v) is 9.18. The Kier molecular flexibility index (Phi) is 5.01. The van der Waals surface area contributed by atoms with E-state index in [1.54, 1.807) is 27.9 Å². The van der Waals surface area contributed by atoms with Gasteiger partial charge in [-0.05, 0) is 42.3 Å². The molecular weight excluding hydrogens is 352 g/mol. The maximum Gasteiger partial charge on any atom is 0.344 e. The highest BCUT2D eigenvalue weighted by Crippen LogP contribution is 2.21. The highest BCUT2D eigenvalue weighted by Gasteiger charge is 2.26. The molecule has 2 aromatic carbocycles. The molecule has 2 amide bonds. The van der Waals surface area contributed by atoms with Gasteiger partial charge in [0, 0.05) is 36.7 Å². The maximum absolute atomic E-state index is 12.8. The highest BCUT2D eigenvalue weighted by atomic mass is 16.2. The molecule has 0 N–H and O–H groups in total. The summed E-state index contributed by atoms with van der Waals surface area (Å²) in [5.74, 6) is 0. The number of hydrogen-bond acceptors (Lipinski definition) is 3. The van der Waals surface area contributed by atoms with Crippen molar-refractivity contribution in [2.24, 2.45) is 5.10 Å². The lowest BCUT2D eigenvalue weighted by Crippen LogP contribution is -2.47. The van der Waals surface area contributed by atoms with Gasteiger partial charge in [-0.1, -0.05) is 36.4 Å². The summed E-state index contributed by atoms with van der Waals surface area (Å²) < 4.78 is 1.57. The molecule has 140 valence electrons. The van der Waals surface area contributed by atoms with Crippen LogP contribution in [0, 0.1) is 0 Å². The lowest BCUT2D eigenvalue weighted by atomic mass is 10.2. The Morgan fingerprint density at radius 1 is 0.786 bits per heavy atom. The number of carbonyl (C=O) groups excluding carboxylic acids is 1. The molecule has 0 radical (unpaired) electrons. The van der Waals surface area contributed by atoms with Gasteiger partial charge in [-0.3, -0.25) is 14.3 Å². The summed E-state index contributed by atoms with van der Waals surface area (Å²) in [6.45, 7) is 1.23. The largest absolute Gasteiger partial charge is 0.344 e. The summed E-state index contributed by atoms with van der Waals surface area (Å²) in [6.07, 6.45) is 4.26. The molecule has 1 aliphatic rings. The molecule has 1 aromatic heterocycles. The van der Waals surface area contributed by atoms with Gasteiger partial charge in [-0.2, -0.15) is 5.10 Å². The van der Waals surface area contributed by atoms with E-state index in [0.717, 1.165) is 23.4 Å². The Balaban J connectivity index is 1.52. The second-order valence-electron chi connectivity index (χ2n) is 6.49. The molecule has 1 fully saturated rings. The molecule has 6 heteroatoms. The molecule has 0 unspecified atom stereocenters. The molecule has 0 saturated carbocycles. The van der Waals surface area contributed by atoms with Crippen LogP contribution in [0.1, 0.15) is 12.0 Å². The van der Waals surface area contributed by atoms with Crippen molar-refractivity contribution in [1.82, 2.24) is 9.58 Å². The number of carbonyl (C=O) groups is 1. The first-order chi connectivity index (χ1) is 13.7. The van der Waals surface area contributed by atoms with E-state index in [4.69, 9.17) is 0 Å². The van der Waals surface area contributed by atoms with Crippen molar-refractivity contribution in [3.8, 4) is 5.69 Å². The lowest BCUT2D eigenvalue weighted by Gasteiger charge is -2.32. The Labute approximate surface area is 163 Å². The van der Waals surface area contributed by atoms with Gasteiger partial charge in [-0.25, -0.2) is 9.80 Å². The van der Waals surface area contributed by atoms with Crippen LogP contribution in [0.5, 0.6) is 0 Å². The number of rotatable bonds is 4. The Morgan fingerprint density at radius 3 is 2.25 bits per heavy atom. The summed E-state index contributed by atoms with van der Waals surface area (Å²) in [7, 11) is 0. The number of anilines is 1. The van der Waals surface area contributed by atoms with Gasteiger partial charge in [0.05, 0.1) is 6.21 Å². The number of pyridine rings is 1. The van der Waals surface area contributed by atoms with Gasteiger partial charge in [-0.15, -0.1) is 0 Å². The van der Waals surface area contributed by atoms with Gasteiger partial charge < -0.3 is 0 Å². The summed E-state index contributed by atoms with van der Waals surface area (Å²) in [4.78, 5) is 26.5. The third-order valence-corrected chi connectivity index (χ3v) is 4.61. The summed E-state index contributed by atoms with van der Waals surface area (Å²) in [6, 6.07) is 22.0. The number of urea groups is 1. The number of amides is 2. The van der Waals surface area contributed by atoms with Gasteiger partial charge >= 0.3 is 6.03 Å². The zero-order chi connectivity index (χ0) is 19.3. The van der Waals surface area contributed by atoms with Gasteiger partial charge in [0.25, 0.3) is 5.56 Å². The number of benzene rings is 2. The van der Waals surface area contributed by atoms with Crippen LogP contribution in [0.3, 0.4) is 0 Å². The molecule has 6 nitrogen and oxygen atoms in total. The molecule has 1 saturated heterocycles. The van der Waals surface area contributed by atoms with E-state index in [1.165, 1.54) is 11.1 Å². The predicted molar refractivity (Wildman–Crippen MR) is 110 cm³/mol. The minimum atomic E-state index is -0.150. The minimum absolute atomic E-state index is 0.0919. The molecular formula is C22H20N4O2. The standard InChI is InChI=1S/C22H20N4O2/c27-21-9-4-5-14-24(21)19-10-12-20(13-11-19)25-15-6-16-26(22(25)28)23-17-18-7-2-1-3-8-18/h1-5,7-14,17H,6,15-16H2. The molecule has 0 aliphatic carbocycles. The smallest absolute Gasteiger partial charge is 0.293 e. The Hall–Kier alpha value is -3.67. The van der Waals surface area contributed by atoms with Gasteiger partial charge in [0.2, 0.25) is 0 Å². The quantitative estimate of drug-likeness (QED) is 0.658. The monoisotopic (exact) mass is 372 g/mol. The molecule has 4 rings (SSSR count). The van der Waals surface area contributed by atoms with Crippen LogP contribution in [0.25, 0.3) is 5.69 Å². The van der Waals surface area contributed by atoms with Gasteiger partial charge in [0.15, 0.2) is 0 Å². The zero-order valence-electron chi connectivity index (χ0n) is 15.3. The fourth-order valence-electron chi connectivity index (χ4n) is 3.17. The first kappa shape index (κ1) is 17.7. The van der Waals surface area contributed by atoms with Crippen LogP contribution in [-0.4, -0.2) is 34.9 Å². The Morgan fingerprint density at radius 2 is 1.50 bits per heavy atom. The number of hydrazone groups is 1. The molecule has 2 heterocycles. The van der Waals surface area contributed by atoms with E-state index >= 15 is 0 Å². The normalized spacial score (nSPS) is 14.6. The van der Waals surface area contributed by atoms with E-state index in [2.05, 4.69) is 5.10 Å². The Bertz CT molecular complexity index is 1040. The topological polar surface area (TPSA) is 57.9 Å². The van der Waals surface area contributed by atoms with E-state index < -0.39 is 0 Å². The molecule has 0 atom stereocenters.